The molecule has 0 aromatic carbocycles. The van der Waals surface area contributed by atoms with Crippen molar-refractivity contribution in [3.8, 4) is 0 Å². The molecule has 0 radical (unpaired) electrons. The summed E-state index contributed by atoms with van der Waals surface area (Å²) in [6.07, 6.45) is 3.77. The van der Waals surface area contributed by atoms with Gasteiger partial charge in [0, 0.05) is 12.6 Å². The largest absolute Gasteiger partial charge is 0.372 e. The Balaban J connectivity index is 2.24. The fraction of sp³-hybridized carbons (Fsp3) is 1.00. The first-order chi connectivity index (χ1) is 7.85. The van der Waals surface area contributed by atoms with Crippen molar-refractivity contribution in [3.63, 3.8) is 0 Å². The Kier molecular flexibility index (Phi) is 3.57. The van der Waals surface area contributed by atoms with Crippen molar-refractivity contribution in [1.29, 1.82) is 0 Å². The first-order valence-corrected chi connectivity index (χ1v) is 7.22. The van der Waals surface area contributed by atoms with E-state index in [2.05, 4.69) is 39.9 Å². The lowest BCUT2D eigenvalue weighted by Gasteiger charge is -2.54. The molecule has 0 amide bonds. The minimum absolute atomic E-state index is 0.0909. The quantitative estimate of drug-likeness (QED) is 0.758. The molecule has 1 saturated heterocycles. The van der Waals surface area contributed by atoms with Crippen LogP contribution >= 0.6 is 0 Å². The van der Waals surface area contributed by atoms with E-state index in [1.54, 1.807) is 0 Å². The van der Waals surface area contributed by atoms with Crippen molar-refractivity contribution in [2.24, 2.45) is 17.3 Å². The minimum Gasteiger partial charge on any atom is -0.372 e. The van der Waals surface area contributed by atoms with Gasteiger partial charge in [0.2, 0.25) is 0 Å². The summed E-state index contributed by atoms with van der Waals surface area (Å²) < 4.78 is 6.32. The smallest absolute Gasteiger partial charge is 0.0845 e. The van der Waals surface area contributed by atoms with Gasteiger partial charge in [-0.05, 0) is 36.5 Å². The maximum atomic E-state index is 6.32. The van der Waals surface area contributed by atoms with Crippen LogP contribution < -0.4 is 5.32 Å². The summed E-state index contributed by atoms with van der Waals surface area (Å²) >= 11 is 0. The van der Waals surface area contributed by atoms with E-state index < -0.39 is 0 Å². The van der Waals surface area contributed by atoms with Gasteiger partial charge >= 0.3 is 0 Å². The number of hydrogen-bond donors (Lipinski definition) is 1. The highest BCUT2D eigenvalue weighted by atomic mass is 16.5. The highest BCUT2D eigenvalue weighted by Gasteiger charge is 2.50. The predicted molar refractivity (Wildman–Crippen MR) is 72.1 cm³/mol. The highest BCUT2D eigenvalue weighted by Crippen LogP contribution is 2.48. The van der Waals surface area contributed by atoms with E-state index in [-0.39, 0.29) is 5.60 Å². The standard InChI is InChI=1S/C15H29NO/c1-11(2)13-15(17-7-6-16-13)9-12(3)8-14(4,5)10-15/h11-13,16H,6-10H2,1-5H3. The second kappa shape index (κ2) is 4.55. The molecule has 17 heavy (non-hydrogen) atoms. The number of ether oxygens (including phenoxy) is 1. The summed E-state index contributed by atoms with van der Waals surface area (Å²) in [4.78, 5) is 0. The molecule has 2 fully saturated rings. The van der Waals surface area contributed by atoms with Gasteiger partial charge in [0.25, 0.3) is 0 Å². The van der Waals surface area contributed by atoms with Gasteiger partial charge in [-0.1, -0.05) is 34.6 Å². The van der Waals surface area contributed by atoms with E-state index in [9.17, 15) is 0 Å². The van der Waals surface area contributed by atoms with E-state index in [1.807, 2.05) is 0 Å². The van der Waals surface area contributed by atoms with Crippen LogP contribution in [0.1, 0.15) is 53.9 Å². The van der Waals surface area contributed by atoms with E-state index in [4.69, 9.17) is 4.74 Å². The summed E-state index contributed by atoms with van der Waals surface area (Å²) in [5, 5.41) is 3.71. The second-order valence-electron chi connectivity index (χ2n) is 7.44. The maximum absolute atomic E-state index is 6.32. The molecular weight excluding hydrogens is 210 g/mol. The van der Waals surface area contributed by atoms with Crippen molar-refractivity contribution in [2.75, 3.05) is 13.2 Å². The normalized spacial score (nSPS) is 42.0. The Morgan fingerprint density at radius 1 is 1.24 bits per heavy atom. The van der Waals surface area contributed by atoms with E-state index in [0.717, 1.165) is 19.1 Å². The van der Waals surface area contributed by atoms with Gasteiger partial charge in [-0.3, -0.25) is 0 Å². The number of nitrogens with one attached hydrogen (secondary N) is 1. The molecule has 3 unspecified atom stereocenters. The number of morpholine rings is 1. The second-order valence-corrected chi connectivity index (χ2v) is 7.44. The molecule has 0 aromatic heterocycles. The number of hydrogen-bond acceptors (Lipinski definition) is 2. The summed E-state index contributed by atoms with van der Waals surface area (Å²) in [5.74, 6) is 1.43. The molecule has 3 atom stereocenters. The molecule has 2 rings (SSSR count). The monoisotopic (exact) mass is 239 g/mol. The van der Waals surface area contributed by atoms with Gasteiger partial charge in [-0.2, -0.15) is 0 Å². The Bertz CT molecular complexity index is 274. The fourth-order valence-electron chi connectivity index (χ4n) is 4.49. The average molecular weight is 239 g/mol. The van der Waals surface area contributed by atoms with Crippen LogP contribution in [0.3, 0.4) is 0 Å². The Hall–Kier alpha value is -0.0800. The zero-order chi connectivity index (χ0) is 12.7. The van der Waals surface area contributed by atoms with Crippen LogP contribution in [0.25, 0.3) is 0 Å². The zero-order valence-electron chi connectivity index (χ0n) is 12.2. The van der Waals surface area contributed by atoms with Gasteiger partial charge in [0.15, 0.2) is 0 Å². The van der Waals surface area contributed by atoms with Crippen molar-refractivity contribution >= 4 is 0 Å². The number of rotatable bonds is 1. The van der Waals surface area contributed by atoms with E-state index in [1.165, 1.54) is 19.3 Å². The molecule has 2 heteroatoms. The molecule has 1 aliphatic heterocycles. The molecule has 1 saturated carbocycles. The molecule has 2 aliphatic rings. The van der Waals surface area contributed by atoms with Crippen molar-refractivity contribution in [1.82, 2.24) is 5.32 Å². The first kappa shape index (κ1) is 13.4. The SMILES string of the molecule is CC1CC(C)(C)CC2(C1)OCCNC2C(C)C. The molecule has 1 aliphatic carbocycles. The molecule has 0 aromatic rings. The van der Waals surface area contributed by atoms with Crippen LogP contribution in [0.4, 0.5) is 0 Å². The molecule has 1 heterocycles. The van der Waals surface area contributed by atoms with Gasteiger partial charge < -0.3 is 10.1 Å². The lowest BCUT2D eigenvalue weighted by Crippen LogP contribution is -2.63. The molecule has 100 valence electrons. The Morgan fingerprint density at radius 2 is 1.94 bits per heavy atom. The van der Waals surface area contributed by atoms with Crippen LogP contribution in [0.5, 0.6) is 0 Å². The molecule has 2 nitrogen and oxygen atoms in total. The Labute approximate surface area is 107 Å². The van der Waals surface area contributed by atoms with Gasteiger partial charge in [-0.15, -0.1) is 0 Å². The van der Waals surface area contributed by atoms with Crippen LogP contribution in [0.2, 0.25) is 0 Å². The molecular formula is C15H29NO. The third-order valence-corrected chi connectivity index (χ3v) is 4.46. The maximum Gasteiger partial charge on any atom is 0.0845 e. The van der Waals surface area contributed by atoms with Gasteiger partial charge in [0.1, 0.15) is 0 Å². The third-order valence-electron chi connectivity index (χ3n) is 4.46. The van der Waals surface area contributed by atoms with Crippen molar-refractivity contribution in [3.05, 3.63) is 0 Å². The third kappa shape index (κ3) is 2.68. The van der Waals surface area contributed by atoms with Gasteiger partial charge in [-0.25, -0.2) is 0 Å². The summed E-state index contributed by atoms with van der Waals surface area (Å²) in [6.45, 7) is 13.7. The van der Waals surface area contributed by atoms with E-state index in [0.29, 0.717) is 17.4 Å². The van der Waals surface area contributed by atoms with Crippen molar-refractivity contribution < 1.29 is 4.74 Å². The highest BCUT2D eigenvalue weighted by molar-refractivity contribution is 5.04. The minimum atomic E-state index is 0.0909. The Morgan fingerprint density at radius 3 is 2.53 bits per heavy atom. The summed E-state index contributed by atoms with van der Waals surface area (Å²) in [7, 11) is 0. The molecule has 0 bridgehead atoms. The lowest BCUT2D eigenvalue weighted by molar-refractivity contribution is -0.159. The van der Waals surface area contributed by atoms with Gasteiger partial charge in [0.05, 0.1) is 12.2 Å². The van der Waals surface area contributed by atoms with Crippen LogP contribution in [-0.4, -0.2) is 24.8 Å². The molecule has 1 spiro atoms. The first-order valence-electron chi connectivity index (χ1n) is 7.22. The fourth-order valence-corrected chi connectivity index (χ4v) is 4.49. The van der Waals surface area contributed by atoms with Crippen LogP contribution in [0, 0.1) is 17.3 Å². The van der Waals surface area contributed by atoms with E-state index >= 15 is 0 Å². The van der Waals surface area contributed by atoms with Crippen molar-refractivity contribution in [2.45, 2.75) is 65.5 Å². The van der Waals surface area contributed by atoms with Crippen LogP contribution in [-0.2, 0) is 4.74 Å². The van der Waals surface area contributed by atoms with Crippen LogP contribution in [0.15, 0.2) is 0 Å². The molecule has 1 N–H and O–H groups in total. The summed E-state index contributed by atoms with van der Waals surface area (Å²) in [5.41, 5.74) is 0.511. The predicted octanol–water partition coefficient (Wildman–Crippen LogP) is 3.22. The average Bonchev–Trinajstić information content (AvgIpc) is 2.13. The lowest BCUT2D eigenvalue weighted by atomic mass is 9.62. The topological polar surface area (TPSA) is 21.3 Å². The summed E-state index contributed by atoms with van der Waals surface area (Å²) in [6, 6.07) is 0.526. The zero-order valence-corrected chi connectivity index (χ0v) is 12.2.